The van der Waals surface area contributed by atoms with Crippen molar-refractivity contribution in [3.8, 4) is 0 Å². The Morgan fingerprint density at radius 3 is 1.84 bits per heavy atom. The van der Waals surface area contributed by atoms with Crippen LogP contribution in [0.15, 0.2) is 36.4 Å². The molecule has 1 fully saturated rings. The summed E-state index contributed by atoms with van der Waals surface area (Å²) >= 11 is 1.48. The molecule has 1 aromatic carbocycles. The Kier molecular flexibility index (Phi) is 4.85. The van der Waals surface area contributed by atoms with Crippen molar-refractivity contribution in [3.05, 3.63) is 57.3 Å². The van der Waals surface area contributed by atoms with Crippen LogP contribution in [0.1, 0.15) is 35.3 Å². The molecule has 6 nitrogen and oxygen atoms in total. The summed E-state index contributed by atoms with van der Waals surface area (Å²) in [5.74, 6) is -1.15. The number of thiophene rings is 1. The number of carbonyl (C=O) groups is 3. The standard InChI is InChI=1S/C18H18N2O4S/c1-12-2-7-15(25-12)17(22)20-10-8-19(9-11-20)16(21)13-3-5-14(6-4-13)18(23)24/h2-7H,8-11H2,1H3,(H,23,24). The SMILES string of the molecule is Cc1ccc(C(=O)N2CCN(C(=O)c3ccc(C(=O)O)cc3)CC2)s1. The van der Waals surface area contributed by atoms with Gasteiger partial charge in [-0.2, -0.15) is 0 Å². The maximum Gasteiger partial charge on any atom is 0.335 e. The van der Waals surface area contributed by atoms with Crippen LogP contribution in [0.5, 0.6) is 0 Å². The third-order valence-electron chi connectivity index (χ3n) is 4.18. The smallest absolute Gasteiger partial charge is 0.335 e. The zero-order valence-corrected chi connectivity index (χ0v) is 14.6. The molecule has 0 atom stereocenters. The van der Waals surface area contributed by atoms with E-state index in [4.69, 9.17) is 5.11 Å². The van der Waals surface area contributed by atoms with E-state index in [1.807, 2.05) is 19.1 Å². The highest BCUT2D eigenvalue weighted by molar-refractivity contribution is 7.13. The van der Waals surface area contributed by atoms with Crippen LogP contribution in [0.2, 0.25) is 0 Å². The lowest BCUT2D eigenvalue weighted by atomic mass is 10.1. The van der Waals surface area contributed by atoms with Gasteiger partial charge in [0.1, 0.15) is 0 Å². The monoisotopic (exact) mass is 358 g/mol. The molecule has 0 radical (unpaired) electrons. The first-order valence-electron chi connectivity index (χ1n) is 7.94. The van der Waals surface area contributed by atoms with Gasteiger partial charge in [-0.3, -0.25) is 9.59 Å². The molecule has 7 heteroatoms. The number of amides is 2. The molecule has 1 saturated heterocycles. The summed E-state index contributed by atoms with van der Waals surface area (Å²) < 4.78 is 0. The minimum atomic E-state index is -1.02. The second-order valence-electron chi connectivity index (χ2n) is 5.88. The van der Waals surface area contributed by atoms with Crippen molar-refractivity contribution >= 4 is 29.1 Å². The summed E-state index contributed by atoms with van der Waals surface area (Å²) in [5.41, 5.74) is 0.608. The fourth-order valence-electron chi connectivity index (χ4n) is 2.76. The highest BCUT2D eigenvalue weighted by Gasteiger charge is 2.26. The first kappa shape index (κ1) is 17.2. The highest BCUT2D eigenvalue weighted by Crippen LogP contribution is 2.18. The van der Waals surface area contributed by atoms with E-state index in [2.05, 4.69) is 0 Å². The Bertz CT molecular complexity index is 805. The largest absolute Gasteiger partial charge is 0.478 e. The van der Waals surface area contributed by atoms with E-state index >= 15 is 0 Å². The van der Waals surface area contributed by atoms with Gasteiger partial charge in [0.2, 0.25) is 0 Å². The number of carboxylic acid groups (broad SMARTS) is 1. The number of carboxylic acids is 1. The molecule has 0 aliphatic carbocycles. The summed E-state index contributed by atoms with van der Waals surface area (Å²) in [6.45, 7) is 3.89. The van der Waals surface area contributed by atoms with Gasteiger partial charge in [-0.15, -0.1) is 11.3 Å². The first-order valence-corrected chi connectivity index (χ1v) is 8.75. The molecule has 0 unspecified atom stereocenters. The molecule has 0 bridgehead atoms. The molecule has 0 spiro atoms. The van der Waals surface area contributed by atoms with E-state index in [1.54, 1.807) is 9.80 Å². The number of hydrogen-bond acceptors (Lipinski definition) is 4. The first-order chi connectivity index (χ1) is 12.0. The lowest BCUT2D eigenvalue weighted by Crippen LogP contribution is -2.50. The van der Waals surface area contributed by atoms with Crippen molar-refractivity contribution < 1.29 is 19.5 Å². The van der Waals surface area contributed by atoms with Crippen LogP contribution in [-0.2, 0) is 0 Å². The number of rotatable bonds is 3. The van der Waals surface area contributed by atoms with E-state index < -0.39 is 5.97 Å². The second-order valence-corrected chi connectivity index (χ2v) is 7.17. The minimum absolute atomic E-state index is 0.0102. The van der Waals surface area contributed by atoms with E-state index in [1.165, 1.54) is 35.6 Å². The van der Waals surface area contributed by atoms with Gasteiger partial charge in [-0.05, 0) is 43.3 Å². The molecular formula is C18H18N2O4S. The molecular weight excluding hydrogens is 340 g/mol. The average molecular weight is 358 g/mol. The van der Waals surface area contributed by atoms with Crippen molar-refractivity contribution in [2.45, 2.75) is 6.92 Å². The minimum Gasteiger partial charge on any atom is -0.478 e. The molecule has 130 valence electrons. The van der Waals surface area contributed by atoms with E-state index in [9.17, 15) is 14.4 Å². The van der Waals surface area contributed by atoms with Crippen LogP contribution < -0.4 is 0 Å². The number of aryl methyl sites for hydroxylation is 1. The molecule has 3 rings (SSSR count). The van der Waals surface area contributed by atoms with E-state index in [0.717, 1.165) is 9.75 Å². The normalized spacial score (nSPS) is 14.4. The maximum absolute atomic E-state index is 12.5. The second kappa shape index (κ2) is 7.06. The van der Waals surface area contributed by atoms with Gasteiger partial charge in [0.25, 0.3) is 11.8 Å². The van der Waals surface area contributed by atoms with Crippen LogP contribution in [-0.4, -0.2) is 58.9 Å². The van der Waals surface area contributed by atoms with Gasteiger partial charge in [-0.25, -0.2) is 4.79 Å². The summed E-state index contributed by atoms with van der Waals surface area (Å²) in [4.78, 5) is 41.1. The topological polar surface area (TPSA) is 77.9 Å². The van der Waals surface area contributed by atoms with Gasteiger partial charge < -0.3 is 14.9 Å². The number of nitrogens with zero attached hydrogens (tertiary/aromatic N) is 2. The predicted octanol–water partition coefficient (Wildman–Crippen LogP) is 2.35. The number of piperazine rings is 1. The molecule has 0 saturated carbocycles. The summed E-state index contributed by atoms with van der Waals surface area (Å²) in [6.07, 6.45) is 0. The molecule has 1 N–H and O–H groups in total. The van der Waals surface area contributed by atoms with Crippen molar-refractivity contribution in [3.63, 3.8) is 0 Å². The quantitative estimate of drug-likeness (QED) is 0.914. The molecule has 2 heterocycles. The molecule has 2 amide bonds. The lowest BCUT2D eigenvalue weighted by Gasteiger charge is -2.34. The van der Waals surface area contributed by atoms with Crippen molar-refractivity contribution in [1.82, 2.24) is 9.80 Å². The van der Waals surface area contributed by atoms with Crippen LogP contribution in [0.3, 0.4) is 0 Å². The number of benzene rings is 1. The zero-order chi connectivity index (χ0) is 18.0. The molecule has 1 aromatic heterocycles. The van der Waals surface area contributed by atoms with Gasteiger partial charge in [0, 0.05) is 36.6 Å². The van der Waals surface area contributed by atoms with Gasteiger partial charge in [-0.1, -0.05) is 0 Å². The Morgan fingerprint density at radius 1 is 0.840 bits per heavy atom. The van der Waals surface area contributed by atoms with Gasteiger partial charge in [0.15, 0.2) is 0 Å². The average Bonchev–Trinajstić information content (AvgIpc) is 3.07. The third-order valence-corrected chi connectivity index (χ3v) is 5.17. The van der Waals surface area contributed by atoms with Crippen LogP contribution >= 0.6 is 11.3 Å². The van der Waals surface area contributed by atoms with Crippen molar-refractivity contribution in [1.29, 1.82) is 0 Å². The van der Waals surface area contributed by atoms with E-state index in [0.29, 0.717) is 31.7 Å². The lowest BCUT2D eigenvalue weighted by molar-refractivity contribution is 0.0538. The summed E-state index contributed by atoms with van der Waals surface area (Å²) in [6, 6.07) is 9.67. The fraction of sp³-hybridized carbons (Fsp3) is 0.278. The zero-order valence-electron chi connectivity index (χ0n) is 13.8. The summed E-state index contributed by atoms with van der Waals surface area (Å²) in [7, 11) is 0. The Balaban J connectivity index is 1.60. The molecule has 1 aliphatic rings. The van der Waals surface area contributed by atoms with E-state index in [-0.39, 0.29) is 17.4 Å². The fourth-order valence-corrected chi connectivity index (χ4v) is 3.59. The summed E-state index contributed by atoms with van der Waals surface area (Å²) in [5, 5.41) is 8.91. The van der Waals surface area contributed by atoms with Gasteiger partial charge >= 0.3 is 5.97 Å². The van der Waals surface area contributed by atoms with Crippen molar-refractivity contribution in [2.75, 3.05) is 26.2 Å². The maximum atomic E-state index is 12.5. The highest BCUT2D eigenvalue weighted by atomic mass is 32.1. The third kappa shape index (κ3) is 3.71. The van der Waals surface area contributed by atoms with Gasteiger partial charge in [0.05, 0.1) is 10.4 Å². The van der Waals surface area contributed by atoms with Crippen LogP contribution in [0, 0.1) is 6.92 Å². The number of carbonyl (C=O) groups excluding carboxylic acids is 2. The van der Waals surface area contributed by atoms with Crippen molar-refractivity contribution in [2.24, 2.45) is 0 Å². The molecule has 25 heavy (non-hydrogen) atoms. The number of aromatic carboxylic acids is 1. The Hall–Kier alpha value is -2.67. The molecule has 1 aliphatic heterocycles. The van der Waals surface area contributed by atoms with Crippen LogP contribution in [0.25, 0.3) is 0 Å². The predicted molar refractivity (Wildman–Crippen MR) is 94.3 cm³/mol. The molecule has 2 aromatic rings. The Labute approximate surface area is 149 Å². The van der Waals surface area contributed by atoms with Crippen LogP contribution in [0.4, 0.5) is 0 Å². The number of hydrogen-bond donors (Lipinski definition) is 1. The Morgan fingerprint density at radius 2 is 1.36 bits per heavy atom.